The molecular formula is C12H7Cl2NO3. The van der Waals surface area contributed by atoms with Crippen molar-refractivity contribution < 1.29 is 14.1 Å². The Kier molecular flexibility index (Phi) is 2.76. The van der Waals surface area contributed by atoms with E-state index in [1.54, 1.807) is 18.2 Å². The average molecular weight is 284 g/mol. The quantitative estimate of drug-likeness (QED) is 0.753. The fourth-order valence-electron chi connectivity index (χ4n) is 1.93. The van der Waals surface area contributed by atoms with Gasteiger partial charge >= 0.3 is 5.97 Å². The number of carbonyl (C=O) groups excluding carboxylic acids is 1. The lowest BCUT2D eigenvalue weighted by Gasteiger charge is -2.11. The van der Waals surface area contributed by atoms with Crippen LogP contribution in [-0.4, -0.2) is 17.7 Å². The van der Waals surface area contributed by atoms with Gasteiger partial charge in [0.2, 0.25) is 5.76 Å². The Bertz CT molecular complexity index is 616. The van der Waals surface area contributed by atoms with E-state index in [9.17, 15) is 4.79 Å². The van der Waals surface area contributed by atoms with E-state index in [0.29, 0.717) is 39.9 Å². The molecule has 1 aromatic carbocycles. The zero-order valence-corrected chi connectivity index (χ0v) is 10.6. The van der Waals surface area contributed by atoms with Gasteiger partial charge in [0.15, 0.2) is 0 Å². The van der Waals surface area contributed by atoms with Crippen LogP contribution in [0.4, 0.5) is 0 Å². The maximum absolute atomic E-state index is 11.5. The number of carbonyl (C=O) groups is 1. The third kappa shape index (κ3) is 1.69. The van der Waals surface area contributed by atoms with E-state index >= 15 is 0 Å². The molecule has 2 aromatic rings. The normalized spacial score (nSPS) is 14.2. The Balaban J connectivity index is 2.22. The third-order valence-electron chi connectivity index (χ3n) is 2.76. The van der Waals surface area contributed by atoms with E-state index < -0.39 is 5.97 Å². The summed E-state index contributed by atoms with van der Waals surface area (Å²) in [6, 6.07) is 5.17. The first-order chi connectivity index (χ1) is 8.68. The summed E-state index contributed by atoms with van der Waals surface area (Å²) in [6.45, 7) is 0.308. The molecule has 0 spiro atoms. The highest BCUT2D eigenvalue weighted by Crippen LogP contribution is 2.37. The zero-order valence-electron chi connectivity index (χ0n) is 9.07. The Morgan fingerprint density at radius 1 is 1.22 bits per heavy atom. The smallest absolute Gasteiger partial charge is 0.377 e. The maximum atomic E-state index is 11.5. The Morgan fingerprint density at radius 2 is 1.94 bits per heavy atom. The molecular weight excluding hydrogens is 277 g/mol. The van der Waals surface area contributed by atoms with Gasteiger partial charge in [-0.15, -0.1) is 0 Å². The van der Waals surface area contributed by atoms with Crippen LogP contribution in [0.3, 0.4) is 0 Å². The number of rotatable bonds is 1. The molecule has 0 aliphatic carbocycles. The number of cyclic esters (lactones) is 1. The summed E-state index contributed by atoms with van der Waals surface area (Å²) in [5.41, 5.74) is 1.79. The molecule has 1 aliphatic rings. The van der Waals surface area contributed by atoms with Crippen molar-refractivity contribution in [3.05, 3.63) is 39.6 Å². The molecule has 2 heterocycles. The number of nitrogens with zero attached hydrogens (tertiary/aromatic N) is 1. The second-order valence-electron chi connectivity index (χ2n) is 3.82. The molecule has 0 atom stereocenters. The monoisotopic (exact) mass is 283 g/mol. The van der Waals surface area contributed by atoms with Crippen molar-refractivity contribution in [3.63, 3.8) is 0 Å². The molecule has 3 rings (SSSR count). The van der Waals surface area contributed by atoms with Crippen molar-refractivity contribution in [2.45, 2.75) is 6.42 Å². The number of esters is 1. The predicted molar refractivity (Wildman–Crippen MR) is 65.9 cm³/mol. The van der Waals surface area contributed by atoms with E-state index in [-0.39, 0.29) is 5.76 Å². The van der Waals surface area contributed by atoms with Crippen molar-refractivity contribution in [3.8, 4) is 11.3 Å². The number of aromatic nitrogens is 1. The van der Waals surface area contributed by atoms with Crippen LogP contribution in [0, 0.1) is 0 Å². The van der Waals surface area contributed by atoms with E-state index in [1.165, 1.54) is 0 Å². The lowest BCUT2D eigenvalue weighted by molar-refractivity contribution is 0.0429. The molecule has 0 saturated heterocycles. The van der Waals surface area contributed by atoms with Crippen LogP contribution in [-0.2, 0) is 11.2 Å². The van der Waals surface area contributed by atoms with E-state index in [2.05, 4.69) is 5.16 Å². The van der Waals surface area contributed by atoms with Gasteiger partial charge in [-0.1, -0.05) is 34.4 Å². The number of hydrogen-bond acceptors (Lipinski definition) is 4. The first-order valence-electron chi connectivity index (χ1n) is 5.28. The van der Waals surface area contributed by atoms with Crippen molar-refractivity contribution in [1.29, 1.82) is 0 Å². The molecule has 0 fully saturated rings. The topological polar surface area (TPSA) is 52.3 Å². The minimum Gasteiger partial charge on any atom is -0.459 e. The highest BCUT2D eigenvalue weighted by atomic mass is 35.5. The Hall–Kier alpha value is -1.52. The van der Waals surface area contributed by atoms with Crippen molar-refractivity contribution in [2.24, 2.45) is 0 Å². The largest absolute Gasteiger partial charge is 0.459 e. The van der Waals surface area contributed by atoms with Crippen molar-refractivity contribution in [2.75, 3.05) is 6.61 Å². The number of fused-ring (bicyclic) bond motifs is 1. The van der Waals surface area contributed by atoms with Crippen molar-refractivity contribution in [1.82, 2.24) is 5.16 Å². The predicted octanol–water partition coefficient (Wildman–Crippen LogP) is 3.36. The number of hydrogen-bond donors (Lipinski definition) is 0. The molecule has 92 valence electrons. The second kappa shape index (κ2) is 4.30. The molecule has 0 unspecified atom stereocenters. The minimum atomic E-state index is -0.502. The van der Waals surface area contributed by atoms with Crippen LogP contribution in [0.5, 0.6) is 0 Å². The van der Waals surface area contributed by atoms with E-state index in [4.69, 9.17) is 32.5 Å². The highest BCUT2D eigenvalue weighted by Gasteiger charge is 2.29. The number of benzene rings is 1. The third-order valence-corrected chi connectivity index (χ3v) is 3.39. The van der Waals surface area contributed by atoms with E-state index in [1.807, 2.05) is 0 Å². The lowest BCUT2D eigenvalue weighted by atomic mass is 10.0. The van der Waals surface area contributed by atoms with Gasteiger partial charge < -0.3 is 9.26 Å². The maximum Gasteiger partial charge on any atom is 0.377 e. The van der Waals surface area contributed by atoms with Gasteiger partial charge in [-0.25, -0.2) is 4.79 Å². The molecule has 0 bridgehead atoms. The molecule has 0 N–H and O–H groups in total. The Labute approximate surface area is 112 Å². The molecule has 18 heavy (non-hydrogen) atoms. The summed E-state index contributed by atoms with van der Waals surface area (Å²) in [4.78, 5) is 11.5. The summed E-state index contributed by atoms with van der Waals surface area (Å²) >= 11 is 12.2. The van der Waals surface area contributed by atoms with E-state index in [0.717, 1.165) is 0 Å². The van der Waals surface area contributed by atoms with Crippen LogP contribution in [0.2, 0.25) is 10.0 Å². The van der Waals surface area contributed by atoms with Crippen LogP contribution in [0.15, 0.2) is 22.7 Å². The highest BCUT2D eigenvalue weighted by molar-refractivity contribution is 6.39. The molecule has 0 saturated carbocycles. The summed E-state index contributed by atoms with van der Waals surface area (Å²) in [5, 5.41) is 4.84. The first-order valence-corrected chi connectivity index (χ1v) is 6.04. The average Bonchev–Trinajstić information content (AvgIpc) is 2.75. The summed E-state index contributed by atoms with van der Waals surface area (Å²) in [6.07, 6.45) is 0.543. The van der Waals surface area contributed by atoms with Gasteiger partial charge in [0, 0.05) is 17.5 Å². The molecule has 0 amide bonds. The van der Waals surface area contributed by atoms with Crippen LogP contribution < -0.4 is 0 Å². The molecule has 1 aliphatic heterocycles. The second-order valence-corrected chi connectivity index (χ2v) is 4.64. The molecule has 4 nitrogen and oxygen atoms in total. The van der Waals surface area contributed by atoms with Gasteiger partial charge in [-0.05, 0) is 12.1 Å². The fourth-order valence-corrected chi connectivity index (χ4v) is 2.51. The summed E-state index contributed by atoms with van der Waals surface area (Å²) < 4.78 is 9.90. The molecule has 1 aromatic heterocycles. The number of halogens is 2. The fraction of sp³-hybridized carbons (Fsp3) is 0.167. The summed E-state index contributed by atoms with van der Waals surface area (Å²) in [7, 11) is 0. The Morgan fingerprint density at radius 3 is 2.67 bits per heavy atom. The standard InChI is InChI=1S/C12H7Cl2NO3/c13-7-2-1-3-8(14)9(7)10-6-4-5-17-12(16)11(6)18-15-10/h1-3H,4-5H2. The SMILES string of the molecule is O=C1OCCc2c(-c3c(Cl)cccc3Cl)noc21. The molecule has 6 heteroatoms. The number of ether oxygens (including phenoxy) is 1. The van der Waals surface area contributed by atoms with Crippen LogP contribution in [0.1, 0.15) is 16.1 Å². The minimum absolute atomic E-state index is 0.132. The van der Waals surface area contributed by atoms with Gasteiger partial charge in [-0.3, -0.25) is 0 Å². The van der Waals surface area contributed by atoms with Gasteiger partial charge in [-0.2, -0.15) is 0 Å². The summed E-state index contributed by atoms with van der Waals surface area (Å²) in [5.74, 6) is -0.370. The lowest BCUT2D eigenvalue weighted by Crippen LogP contribution is -2.16. The van der Waals surface area contributed by atoms with Gasteiger partial charge in [0.05, 0.1) is 16.7 Å². The van der Waals surface area contributed by atoms with Crippen LogP contribution >= 0.6 is 23.2 Å². The van der Waals surface area contributed by atoms with Gasteiger partial charge in [0.25, 0.3) is 0 Å². The zero-order chi connectivity index (χ0) is 12.7. The first kappa shape index (κ1) is 11.6. The van der Waals surface area contributed by atoms with Crippen molar-refractivity contribution >= 4 is 29.2 Å². The van der Waals surface area contributed by atoms with Crippen LogP contribution in [0.25, 0.3) is 11.3 Å². The molecule has 0 radical (unpaired) electrons. The van der Waals surface area contributed by atoms with Gasteiger partial charge in [0.1, 0.15) is 5.69 Å².